The molecule has 1 saturated heterocycles. The molecule has 1 fully saturated rings. The second-order valence-electron chi connectivity index (χ2n) is 4.69. The summed E-state index contributed by atoms with van der Waals surface area (Å²) in [6.45, 7) is 2.49. The van der Waals surface area contributed by atoms with Gasteiger partial charge in [0.25, 0.3) is 0 Å². The highest BCUT2D eigenvalue weighted by Crippen LogP contribution is 2.19. The van der Waals surface area contributed by atoms with Gasteiger partial charge in [0.2, 0.25) is 11.8 Å². The standard InChI is InChI=1S/C14H16BrFN2O2/c1-2-18-12(5-6-13(18)19)14(20)17-8-9-3-4-10(15)7-11(9)16/h3-4,7,12H,2,5-6,8H2,1H3,(H,17,20)/t12-/m0/s1. The Bertz CT molecular complexity index is 536. The molecule has 0 spiro atoms. The summed E-state index contributed by atoms with van der Waals surface area (Å²) in [6, 6.07) is 4.28. The minimum absolute atomic E-state index is 0.00229. The van der Waals surface area contributed by atoms with Gasteiger partial charge in [0.05, 0.1) is 0 Å². The minimum Gasteiger partial charge on any atom is -0.350 e. The van der Waals surface area contributed by atoms with E-state index in [1.165, 1.54) is 6.07 Å². The van der Waals surface area contributed by atoms with E-state index < -0.39 is 6.04 Å². The number of likely N-dealkylation sites (tertiary alicyclic amines) is 1. The molecule has 1 heterocycles. The molecule has 1 aliphatic heterocycles. The van der Waals surface area contributed by atoms with Crippen molar-refractivity contribution in [3.63, 3.8) is 0 Å². The molecule has 2 rings (SSSR count). The lowest BCUT2D eigenvalue weighted by Gasteiger charge is -2.22. The van der Waals surface area contributed by atoms with Gasteiger partial charge in [-0.3, -0.25) is 9.59 Å². The molecular weight excluding hydrogens is 327 g/mol. The maximum Gasteiger partial charge on any atom is 0.243 e. The van der Waals surface area contributed by atoms with Crippen LogP contribution in [0.3, 0.4) is 0 Å². The fourth-order valence-corrected chi connectivity index (χ4v) is 2.70. The van der Waals surface area contributed by atoms with Crippen LogP contribution in [0.5, 0.6) is 0 Å². The van der Waals surface area contributed by atoms with Gasteiger partial charge in [0, 0.05) is 29.5 Å². The molecule has 0 aliphatic carbocycles. The molecule has 1 aromatic rings. The van der Waals surface area contributed by atoms with Crippen LogP contribution in [-0.2, 0) is 16.1 Å². The van der Waals surface area contributed by atoms with Crippen LogP contribution in [0.15, 0.2) is 22.7 Å². The fourth-order valence-electron chi connectivity index (χ4n) is 2.37. The molecule has 1 atom stereocenters. The molecule has 20 heavy (non-hydrogen) atoms. The topological polar surface area (TPSA) is 49.4 Å². The van der Waals surface area contributed by atoms with Gasteiger partial charge in [0.1, 0.15) is 11.9 Å². The van der Waals surface area contributed by atoms with Crippen LogP contribution in [0.2, 0.25) is 0 Å². The van der Waals surface area contributed by atoms with Crippen LogP contribution < -0.4 is 5.32 Å². The van der Waals surface area contributed by atoms with Crippen LogP contribution >= 0.6 is 15.9 Å². The summed E-state index contributed by atoms with van der Waals surface area (Å²) in [5.41, 5.74) is 0.425. The number of carbonyl (C=O) groups excluding carboxylic acids is 2. The van der Waals surface area contributed by atoms with Crippen molar-refractivity contribution in [2.24, 2.45) is 0 Å². The van der Waals surface area contributed by atoms with E-state index >= 15 is 0 Å². The Labute approximate surface area is 125 Å². The van der Waals surface area contributed by atoms with Crippen molar-refractivity contribution >= 4 is 27.7 Å². The molecule has 1 N–H and O–H groups in total. The van der Waals surface area contributed by atoms with E-state index in [0.717, 1.165) is 0 Å². The summed E-state index contributed by atoms with van der Waals surface area (Å²) in [5, 5.41) is 2.70. The van der Waals surface area contributed by atoms with Crippen molar-refractivity contribution < 1.29 is 14.0 Å². The number of likely N-dealkylation sites (N-methyl/N-ethyl adjacent to an activating group) is 1. The number of hydrogen-bond donors (Lipinski definition) is 1. The molecule has 108 valence electrons. The van der Waals surface area contributed by atoms with E-state index in [4.69, 9.17) is 0 Å². The second kappa shape index (κ2) is 6.35. The molecule has 0 unspecified atom stereocenters. The number of amides is 2. The van der Waals surface area contributed by atoms with Crippen molar-refractivity contribution in [2.45, 2.75) is 32.4 Å². The van der Waals surface area contributed by atoms with E-state index in [-0.39, 0.29) is 24.2 Å². The molecule has 0 bridgehead atoms. The van der Waals surface area contributed by atoms with Crippen LogP contribution in [0.1, 0.15) is 25.3 Å². The van der Waals surface area contributed by atoms with E-state index in [2.05, 4.69) is 21.2 Å². The zero-order chi connectivity index (χ0) is 14.7. The van der Waals surface area contributed by atoms with Crippen molar-refractivity contribution in [3.05, 3.63) is 34.1 Å². The van der Waals surface area contributed by atoms with Gasteiger partial charge in [0.15, 0.2) is 0 Å². The molecule has 1 aliphatic rings. The first-order chi connectivity index (χ1) is 9.52. The smallest absolute Gasteiger partial charge is 0.243 e. The average molecular weight is 343 g/mol. The first kappa shape index (κ1) is 15.0. The van der Waals surface area contributed by atoms with E-state index in [0.29, 0.717) is 29.4 Å². The predicted molar refractivity (Wildman–Crippen MR) is 76.4 cm³/mol. The Morgan fingerprint density at radius 3 is 2.95 bits per heavy atom. The van der Waals surface area contributed by atoms with Gasteiger partial charge in [-0.25, -0.2) is 4.39 Å². The maximum atomic E-state index is 13.6. The molecule has 4 nitrogen and oxygen atoms in total. The first-order valence-electron chi connectivity index (χ1n) is 6.54. The number of carbonyl (C=O) groups is 2. The molecule has 0 saturated carbocycles. The Hall–Kier alpha value is -1.43. The highest BCUT2D eigenvalue weighted by Gasteiger charge is 2.34. The van der Waals surface area contributed by atoms with E-state index in [9.17, 15) is 14.0 Å². The summed E-state index contributed by atoms with van der Waals surface area (Å²) in [4.78, 5) is 25.2. The number of hydrogen-bond acceptors (Lipinski definition) is 2. The quantitative estimate of drug-likeness (QED) is 0.911. The summed E-state index contributed by atoms with van der Waals surface area (Å²) in [6.07, 6.45) is 0.930. The number of benzene rings is 1. The zero-order valence-corrected chi connectivity index (χ0v) is 12.7. The summed E-state index contributed by atoms with van der Waals surface area (Å²) < 4.78 is 14.3. The average Bonchev–Trinajstić information content (AvgIpc) is 2.78. The monoisotopic (exact) mass is 342 g/mol. The van der Waals surface area contributed by atoms with Crippen molar-refractivity contribution in [1.29, 1.82) is 0 Å². The largest absolute Gasteiger partial charge is 0.350 e. The summed E-state index contributed by atoms with van der Waals surface area (Å²) >= 11 is 3.18. The molecule has 1 aromatic carbocycles. The second-order valence-corrected chi connectivity index (χ2v) is 5.60. The molecular formula is C14H16BrFN2O2. The van der Waals surface area contributed by atoms with E-state index in [1.54, 1.807) is 17.0 Å². The third-order valence-corrected chi connectivity index (χ3v) is 3.93. The lowest BCUT2D eigenvalue weighted by Crippen LogP contribution is -2.44. The SMILES string of the molecule is CCN1C(=O)CC[C@H]1C(=O)NCc1ccc(Br)cc1F. The van der Waals surface area contributed by atoms with Crippen molar-refractivity contribution in [1.82, 2.24) is 10.2 Å². The van der Waals surface area contributed by atoms with Gasteiger partial charge in [-0.2, -0.15) is 0 Å². The fraction of sp³-hybridized carbons (Fsp3) is 0.429. The molecule has 0 aromatic heterocycles. The number of nitrogens with zero attached hydrogens (tertiary/aromatic N) is 1. The normalized spacial score (nSPS) is 18.4. The first-order valence-corrected chi connectivity index (χ1v) is 7.33. The summed E-state index contributed by atoms with van der Waals surface area (Å²) in [5.74, 6) is -0.586. The van der Waals surface area contributed by atoms with Gasteiger partial charge in [-0.15, -0.1) is 0 Å². The molecule has 2 amide bonds. The number of rotatable bonds is 4. The highest BCUT2D eigenvalue weighted by atomic mass is 79.9. The zero-order valence-electron chi connectivity index (χ0n) is 11.2. The van der Waals surface area contributed by atoms with Gasteiger partial charge < -0.3 is 10.2 Å². The Morgan fingerprint density at radius 2 is 2.30 bits per heavy atom. The highest BCUT2D eigenvalue weighted by molar-refractivity contribution is 9.10. The molecule has 6 heteroatoms. The third kappa shape index (κ3) is 3.17. The van der Waals surface area contributed by atoms with Crippen LogP contribution in [-0.4, -0.2) is 29.3 Å². The lowest BCUT2D eigenvalue weighted by molar-refractivity contribution is -0.135. The molecule has 0 radical (unpaired) electrons. The van der Waals surface area contributed by atoms with Crippen LogP contribution in [0.4, 0.5) is 4.39 Å². The number of halogens is 2. The predicted octanol–water partition coefficient (Wildman–Crippen LogP) is 2.22. The van der Waals surface area contributed by atoms with Crippen LogP contribution in [0, 0.1) is 5.82 Å². The van der Waals surface area contributed by atoms with Gasteiger partial charge in [-0.1, -0.05) is 22.0 Å². The Kier molecular flexibility index (Phi) is 4.75. The van der Waals surface area contributed by atoms with Gasteiger partial charge >= 0.3 is 0 Å². The van der Waals surface area contributed by atoms with Crippen molar-refractivity contribution in [3.8, 4) is 0 Å². The minimum atomic E-state index is -0.425. The number of nitrogens with one attached hydrogen (secondary N) is 1. The lowest BCUT2D eigenvalue weighted by atomic mass is 10.2. The van der Waals surface area contributed by atoms with E-state index in [1.807, 2.05) is 6.92 Å². The Balaban J connectivity index is 1.97. The van der Waals surface area contributed by atoms with Gasteiger partial charge in [-0.05, 0) is 25.5 Å². The van der Waals surface area contributed by atoms with Crippen molar-refractivity contribution in [2.75, 3.05) is 6.54 Å². The Morgan fingerprint density at radius 1 is 1.55 bits per heavy atom. The third-order valence-electron chi connectivity index (χ3n) is 3.44. The van der Waals surface area contributed by atoms with Crippen LogP contribution in [0.25, 0.3) is 0 Å². The summed E-state index contributed by atoms with van der Waals surface area (Å²) in [7, 11) is 0. The maximum absolute atomic E-state index is 13.6.